The highest BCUT2D eigenvalue weighted by atomic mass is 32.2. The lowest BCUT2D eigenvalue weighted by Gasteiger charge is -2.16. The molecule has 0 saturated heterocycles. The van der Waals surface area contributed by atoms with E-state index in [0.717, 1.165) is 0 Å². The van der Waals surface area contributed by atoms with E-state index in [2.05, 4.69) is 5.32 Å². The number of sulfone groups is 1. The van der Waals surface area contributed by atoms with Crippen LogP contribution < -0.4 is 5.32 Å². The van der Waals surface area contributed by atoms with Crippen molar-refractivity contribution in [3.05, 3.63) is 30.3 Å². The molecule has 0 unspecified atom stereocenters. The van der Waals surface area contributed by atoms with Crippen molar-refractivity contribution in [2.24, 2.45) is 0 Å². The number of hydrogen-bond acceptors (Lipinski definition) is 3. The highest BCUT2D eigenvalue weighted by Crippen LogP contribution is 2.17. The van der Waals surface area contributed by atoms with Gasteiger partial charge in [0.25, 0.3) is 0 Å². The van der Waals surface area contributed by atoms with Crippen LogP contribution >= 0.6 is 0 Å². The number of rotatable bonds is 5. The normalized spacial score (nSPS) is 18.1. The van der Waals surface area contributed by atoms with Crippen LogP contribution in [0.3, 0.4) is 0 Å². The summed E-state index contributed by atoms with van der Waals surface area (Å²) in [6.45, 7) is 0.557. The summed E-state index contributed by atoms with van der Waals surface area (Å²) < 4.78 is 24.2. The molecule has 0 aromatic heterocycles. The SMILES string of the molecule is O=S(=O)(CCNC1CCCCCC1)c1ccccc1. The van der Waals surface area contributed by atoms with Crippen molar-refractivity contribution in [1.29, 1.82) is 0 Å². The molecule has 0 aliphatic heterocycles. The Hall–Kier alpha value is -0.870. The van der Waals surface area contributed by atoms with Gasteiger partial charge in [-0.15, -0.1) is 0 Å². The number of benzene rings is 1. The molecule has 1 saturated carbocycles. The lowest BCUT2D eigenvalue weighted by atomic mass is 10.1. The molecule has 0 spiro atoms. The summed E-state index contributed by atoms with van der Waals surface area (Å²) in [7, 11) is -3.13. The molecule has 2 rings (SSSR count). The summed E-state index contributed by atoms with van der Waals surface area (Å²) >= 11 is 0. The summed E-state index contributed by atoms with van der Waals surface area (Å²) in [4.78, 5) is 0.428. The van der Waals surface area contributed by atoms with E-state index in [4.69, 9.17) is 0 Å². The second kappa shape index (κ2) is 7.06. The monoisotopic (exact) mass is 281 g/mol. The van der Waals surface area contributed by atoms with Crippen molar-refractivity contribution in [2.45, 2.75) is 49.5 Å². The van der Waals surface area contributed by atoms with Gasteiger partial charge in [-0.2, -0.15) is 0 Å². The smallest absolute Gasteiger partial charge is 0.179 e. The Balaban J connectivity index is 1.81. The molecule has 1 N–H and O–H groups in total. The van der Waals surface area contributed by atoms with Crippen LogP contribution in [-0.4, -0.2) is 26.8 Å². The minimum Gasteiger partial charge on any atom is -0.313 e. The van der Waals surface area contributed by atoms with Gasteiger partial charge < -0.3 is 5.32 Å². The molecule has 0 radical (unpaired) electrons. The van der Waals surface area contributed by atoms with E-state index in [-0.39, 0.29) is 5.75 Å². The molecule has 19 heavy (non-hydrogen) atoms. The van der Waals surface area contributed by atoms with Crippen LogP contribution in [0.2, 0.25) is 0 Å². The molecule has 0 heterocycles. The van der Waals surface area contributed by atoms with Crippen LogP contribution in [-0.2, 0) is 9.84 Å². The standard InChI is InChI=1S/C15H23NO2S/c17-19(18,15-10-6-3-7-11-15)13-12-16-14-8-4-1-2-5-9-14/h3,6-7,10-11,14,16H,1-2,4-5,8-9,12-13H2. The summed E-state index contributed by atoms with van der Waals surface area (Å²) in [6, 6.07) is 9.22. The first-order valence-corrected chi connectivity index (χ1v) is 8.85. The van der Waals surface area contributed by atoms with Crippen LogP contribution in [0.25, 0.3) is 0 Å². The molecule has 106 valence electrons. The van der Waals surface area contributed by atoms with Crippen molar-refractivity contribution in [3.63, 3.8) is 0 Å². The molecule has 4 heteroatoms. The molecule has 1 aliphatic rings. The van der Waals surface area contributed by atoms with Gasteiger partial charge in [0, 0.05) is 12.6 Å². The molecule has 0 atom stereocenters. The van der Waals surface area contributed by atoms with Gasteiger partial charge in [0.05, 0.1) is 10.6 Å². The van der Waals surface area contributed by atoms with E-state index < -0.39 is 9.84 Å². The van der Waals surface area contributed by atoms with Gasteiger partial charge in [-0.25, -0.2) is 8.42 Å². The van der Waals surface area contributed by atoms with Crippen molar-refractivity contribution >= 4 is 9.84 Å². The number of nitrogens with one attached hydrogen (secondary N) is 1. The van der Waals surface area contributed by atoms with Crippen molar-refractivity contribution in [3.8, 4) is 0 Å². The minimum absolute atomic E-state index is 0.188. The Labute approximate surface area is 116 Å². The third-order valence-corrected chi connectivity index (χ3v) is 5.49. The summed E-state index contributed by atoms with van der Waals surface area (Å²) in [6.07, 6.45) is 7.55. The Morgan fingerprint density at radius 2 is 1.63 bits per heavy atom. The van der Waals surface area contributed by atoms with Crippen molar-refractivity contribution in [2.75, 3.05) is 12.3 Å². The van der Waals surface area contributed by atoms with E-state index >= 15 is 0 Å². The number of hydrogen-bond donors (Lipinski definition) is 1. The lowest BCUT2D eigenvalue weighted by molar-refractivity contribution is 0.471. The van der Waals surface area contributed by atoms with Crippen LogP contribution in [0.1, 0.15) is 38.5 Å². The third-order valence-electron chi connectivity index (χ3n) is 3.76. The Bertz CT molecular complexity index is 462. The molecule has 1 aliphatic carbocycles. The molecule has 1 aromatic rings. The molecular weight excluding hydrogens is 258 g/mol. The maximum atomic E-state index is 12.1. The zero-order valence-electron chi connectivity index (χ0n) is 11.3. The van der Waals surface area contributed by atoms with Gasteiger partial charge in [-0.05, 0) is 25.0 Å². The van der Waals surface area contributed by atoms with Gasteiger partial charge in [0.2, 0.25) is 0 Å². The summed E-state index contributed by atoms with van der Waals surface area (Å²) in [5, 5.41) is 3.41. The van der Waals surface area contributed by atoms with E-state index in [1.54, 1.807) is 24.3 Å². The summed E-state index contributed by atoms with van der Waals surface area (Å²) in [5.74, 6) is 0.188. The fourth-order valence-corrected chi connectivity index (χ4v) is 3.82. The topological polar surface area (TPSA) is 46.2 Å². The van der Waals surface area contributed by atoms with E-state index in [1.807, 2.05) is 6.07 Å². The Morgan fingerprint density at radius 3 is 2.26 bits per heavy atom. The van der Waals surface area contributed by atoms with Crippen LogP contribution in [0.5, 0.6) is 0 Å². The van der Waals surface area contributed by atoms with Gasteiger partial charge in [0.15, 0.2) is 9.84 Å². The zero-order chi connectivity index (χ0) is 13.6. The largest absolute Gasteiger partial charge is 0.313 e. The molecule has 1 fully saturated rings. The molecule has 0 bridgehead atoms. The first-order valence-electron chi connectivity index (χ1n) is 7.20. The van der Waals surface area contributed by atoms with Crippen molar-refractivity contribution < 1.29 is 8.42 Å². The van der Waals surface area contributed by atoms with Gasteiger partial charge in [0.1, 0.15) is 0 Å². The lowest BCUT2D eigenvalue weighted by Crippen LogP contribution is -2.32. The second-order valence-corrected chi connectivity index (χ2v) is 7.38. The zero-order valence-corrected chi connectivity index (χ0v) is 12.2. The van der Waals surface area contributed by atoms with E-state index in [1.165, 1.54) is 38.5 Å². The highest BCUT2D eigenvalue weighted by molar-refractivity contribution is 7.91. The average molecular weight is 281 g/mol. The predicted molar refractivity (Wildman–Crippen MR) is 78.0 cm³/mol. The Morgan fingerprint density at radius 1 is 1.00 bits per heavy atom. The van der Waals surface area contributed by atoms with Crippen LogP contribution in [0.15, 0.2) is 35.2 Å². The van der Waals surface area contributed by atoms with Crippen molar-refractivity contribution in [1.82, 2.24) is 5.32 Å². The fraction of sp³-hybridized carbons (Fsp3) is 0.600. The van der Waals surface area contributed by atoms with Gasteiger partial charge in [-0.3, -0.25) is 0 Å². The highest BCUT2D eigenvalue weighted by Gasteiger charge is 2.16. The summed E-state index contributed by atoms with van der Waals surface area (Å²) in [5.41, 5.74) is 0. The van der Waals surface area contributed by atoms with Crippen LogP contribution in [0, 0.1) is 0 Å². The second-order valence-electron chi connectivity index (χ2n) is 5.27. The fourth-order valence-electron chi connectivity index (χ4n) is 2.63. The molecule has 3 nitrogen and oxygen atoms in total. The maximum Gasteiger partial charge on any atom is 0.179 e. The predicted octanol–water partition coefficient (Wildman–Crippen LogP) is 2.77. The molecule has 1 aromatic carbocycles. The van der Waals surface area contributed by atoms with Gasteiger partial charge >= 0.3 is 0 Å². The van der Waals surface area contributed by atoms with E-state index in [9.17, 15) is 8.42 Å². The minimum atomic E-state index is -3.13. The first kappa shape index (κ1) is 14.5. The molecule has 0 amide bonds. The average Bonchev–Trinajstić information content (AvgIpc) is 2.68. The van der Waals surface area contributed by atoms with Crippen LogP contribution in [0.4, 0.5) is 0 Å². The molecular formula is C15H23NO2S. The van der Waals surface area contributed by atoms with E-state index in [0.29, 0.717) is 17.5 Å². The third kappa shape index (κ3) is 4.62. The quantitative estimate of drug-likeness (QED) is 0.844. The van der Waals surface area contributed by atoms with Gasteiger partial charge in [-0.1, -0.05) is 43.9 Å². The maximum absolute atomic E-state index is 12.1. The first-order chi connectivity index (χ1) is 9.18. The Kier molecular flexibility index (Phi) is 5.40.